The summed E-state index contributed by atoms with van der Waals surface area (Å²) in [5.41, 5.74) is 1.40. The molecule has 0 radical (unpaired) electrons. The minimum Gasteiger partial charge on any atom is -0.306 e. The third-order valence-electron chi connectivity index (χ3n) is 2.18. The van der Waals surface area contributed by atoms with Gasteiger partial charge in [-0.3, -0.25) is 9.24 Å². The summed E-state index contributed by atoms with van der Waals surface area (Å²) in [4.78, 5) is 0. The Labute approximate surface area is 109 Å². The zero-order valence-electron chi connectivity index (χ0n) is 10.5. The molecule has 0 bridgehead atoms. The third kappa shape index (κ3) is 5.67. The Morgan fingerprint density at radius 1 is 1.56 bits per heavy atom. The van der Waals surface area contributed by atoms with Crippen LogP contribution in [0.2, 0.25) is 0 Å². The van der Waals surface area contributed by atoms with Gasteiger partial charge in [0, 0.05) is 12.3 Å². The first kappa shape index (κ1) is 16.4. The van der Waals surface area contributed by atoms with Gasteiger partial charge >= 0.3 is 6.72 Å². The normalized spacial score (nSPS) is 16.5. The molecule has 0 fully saturated rings. The lowest BCUT2D eigenvalue weighted by Crippen LogP contribution is -2.13. The highest BCUT2D eigenvalue weighted by Crippen LogP contribution is 2.63. The van der Waals surface area contributed by atoms with E-state index < -0.39 is 6.72 Å². The van der Waals surface area contributed by atoms with Crippen LogP contribution < -0.4 is 0 Å². The van der Waals surface area contributed by atoms with Gasteiger partial charge in [0.25, 0.3) is 0 Å². The molecule has 16 heavy (non-hydrogen) atoms. The van der Waals surface area contributed by atoms with E-state index in [0.29, 0.717) is 11.9 Å². The largest absolute Gasteiger partial charge is 0.353 e. The summed E-state index contributed by atoms with van der Waals surface area (Å²) < 4.78 is 19.6. The van der Waals surface area contributed by atoms with Crippen LogP contribution in [0.4, 0.5) is 0 Å². The second-order valence-corrected chi connectivity index (χ2v) is 8.73. The van der Waals surface area contributed by atoms with E-state index >= 15 is 0 Å². The number of nitrogens with zero attached hydrogens (tertiary/aromatic N) is 1. The summed E-state index contributed by atoms with van der Waals surface area (Å²) in [5.74, 6) is 0. The highest BCUT2D eigenvalue weighted by atomic mass is 32.7. The molecule has 0 aliphatic carbocycles. The zero-order chi connectivity index (χ0) is 12.6. The highest BCUT2D eigenvalue weighted by molar-refractivity contribution is 8.56. The van der Waals surface area contributed by atoms with Crippen LogP contribution in [0.5, 0.6) is 0 Å². The Bertz CT molecular complexity index is 251. The molecule has 0 aromatic heterocycles. The number of hydrogen-bond donors (Lipinski definition) is 0. The minimum absolute atomic E-state index is 0.310. The fourth-order valence-corrected chi connectivity index (χ4v) is 5.71. The van der Waals surface area contributed by atoms with Gasteiger partial charge in [-0.1, -0.05) is 39.4 Å². The molecule has 0 aliphatic heterocycles. The summed E-state index contributed by atoms with van der Waals surface area (Å²) >= 11 is 6.22. The Morgan fingerprint density at radius 2 is 2.19 bits per heavy atom. The molecule has 6 heteroatoms. The third-order valence-corrected chi connectivity index (χ3v) is 7.98. The smallest absolute Gasteiger partial charge is 0.306 e. The molecule has 0 spiro atoms. The van der Waals surface area contributed by atoms with Gasteiger partial charge in [-0.2, -0.15) is 0 Å². The fourth-order valence-electron chi connectivity index (χ4n) is 0.880. The van der Waals surface area contributed by atoms with E-state index in [-0.39, 0.29) is 0 Å². The maximum atomic E-state index is 12.6. The Hall–Kier alpha value is 0.430. The number of thiocarbonyl (C=S) groups is 1. The highest BCUT2D eigenvalue weighted by Gasteiger charge is 2.30. The Kier molecular flexibility index (Phi) is 8.74. The first-order valence-electron chi connectivity index (χ1n) is 5.61. The van der Waals surface area contributed by atoms with E-state index in [2.05, 4.69) is 20.8 Å². The van der Waals surface area contributed by atoms with Gasteiger partial charge in [-0.05, 0) is 24.2 Å². The van der Waals surface area contributed by atoms with E-state index in [9.17, 15) is 4.57 Å². The molecule has 2 unspecified atom stereocenters. The van der Waals surface area contributed by atoms with Crippen LogP contribution in [0.25, 0.3) is 0 Å². The first-order chi connectivity index (χ1) is 7.50. The van der Waals surface area contributed by atoms with Gasteiger partial charge in [-0.25, -0.2) is 0 Å². The molecule has 96 valence electrons. The molecule has 0 rings (SSSR count). The lowest BCUT2D eigenvalue weighted by atomic mass is 10.4. The summed E-state index contributed by atoms with van der Waals surface area (Å²) in [5, 5.41) is 0.310. The van der Waals surface area contributed by atoms with Crippen LogP contribution in [0.1, 0.15) is 40.0 Å². The molecule has 0 saturated heterocycles. The van der Waals surface area contributed by atoms with Crippen LogP contribution >= 0.6 is 30.3 Å². The molecular weight excluding hydrogens is 261 g/mol. The second kappa shape index (κ2) is 8.51. The summed E-state index contributed by atoms with van der Waals surface area (Å²) in [6.07, 6.45) is 2.93. The van der Waals surface area contributed by atoms with Gasteiger partial charge in [0.15, 0.2) is 0 Å². The van der Waals surface area contributed by atoms with E-state index in [4.69, 9.17) is 16.7 Å². The molecule has 0 aliphatic rings. The van der Waals surface area contributed by atoms with Crippen LogP contribution in [0.15, 0.2) is 0 Å². The monoisotopic (exact) mass is 283 g/mol. The van der Waals surface area contributed by atoms with Gasteiger partial charge in [-0.15, -0.1) is 0 Å². The van der Waals surface area contributed by atoms with Crippen LogP contribution in [0.3, 0.4) is 0 Å². The van der Waals surface area contributed by atoms with Crippen LogP contribution in [0, 0.1) is 0 Å². The van der Waals surface area contributed by atoms with E-state index in [1.165, 1.54) is 21.5 Å². The van der Waals surface area contributed by atoms with Gasteiger partial charge in [0.2, 0.25) is 0 Å². The second-order valence-electron chi connectivity index (χ2n) is 3.66. The first-order valence-corrected chi connectivity index (χ1v) is 9.15. The van der Waals surface area contributed by atoms with E-state index in [1.54, 1.807) is 7.05 Å². The van der Waals surface area contributed by atoms with Crippen molar-refractivity contribution in [3.8, 4) is 0 Å². The van der Waals surface area contributed by atoms with Crippen molar-refractivity contribution >= 4 is 35.8 Å². The van der Waals surface area contributed by atoms with Crippen molar-refractivity contribution in [2.24, 2.45) is 0 Å². The summed E-state index contributed by atoms with van der Waals surface area (Å²) in [7, 11) is 1.72. The lowest BCUT2D eigenvalue weighted by molar-refractivity contribution is 0.299. The zero-order valence-corrected chi connectivity index (χ0v) is 13.0. The molecule has 0 heterocycles. The van der Waals surface area contributed by atoms with E-state index in [1.807, 2.05) is 0 Å². The SMILES string of the molecule is CCCCOP(=O)(SC(C)CC)N(C)C=S. The Balaban J connectivity index is 4.48. The number of unbranched alkanes of at least 4 members (excludes halogenated alkanes) is 1. The molecule has 0 amide bonds. The van der Waals surface area contributed by atoms with Crippen LogP contribution in [-0.2, 0) is 9.09 Å². The van der Waals surface area contributed by atoms with E-state index in [0.717, 1.165) is 19.3 Å². The minimum atomic E-state index is -2.82. The average Bonchev–Trinajstić information content (AvgIpc) is 2.28. The maximum Gasteiger partial charge on any atom is 0.353 e. The molecular formula is C10H22NO2PS2. The molecule has 0 aromatic carbocycles. The van der Waals surface area contributed by atoms with Crippen LogP contribution in [-0.4, -0.2) is 29.1 Å². The standard InChI is InChI=1S/C10H22NO2PS2/c1-5-7-8-13-14(12,11(4)9-15)16-10(3)6-2/h9-10H,5-8H2,1-4H3. The molecule has 2 atom stereocenters. The van der Waals surface area contributed by atoms with Crippen molar-refractivity contribution in [1.82, 2.24) is 4.67 Å². The molecule has 0 N–H and O–H groups in total. The number of hydrogen-bond acceptors (Lipinski definition) is 4. The van der Waals surface area contributed by atoms with Crippen molar-refractivity contribution in [3.05, 3.63) is 0 Å². The number of rotatable bonds is 9. The van der Waals surface area contributed by atoms with Crippen molar-refractivity contribution in [1.29, 1.82) is 0 Å². The fraction of sp³-hybridized carbons (Fsp3) is 0.900. The lowest BCUT2D eigenvalue weighted by Gasteiger charge is -2.26. The maximum absolute atomic E-state index is 12.6. The molecule has 0 aromatic rings. The summed E-state index contributed by atoms with van der Waals surface area (Å²) in [6.45, 7) is 3.92. The summed E-state index contributed by atoms with van der Waals surface area (Å²) in [6, 6.07) is 0. The van der Waals surface area contributed by atoms with Gasteiger partial charge in [0.1, 0.15) is 0 Å². The quantitative estimate of drug-likeness (QED) is 0.357. The van der Waals surface area contributed by atoms with Gasteiger partial charge in [0.05, 0.1) is 12.1 Å². The van der Waals surface area contributed by atoms with Crippen molar-refractivity contribution < 1.29 is 9.09 Å². The predicted molar refractivity (Wildman–Crippen MR) is 77.2 cm³/mol. The van der Waals surface area contributed by atoms with Crippen molar-refractivity contribution in [3.63, 3.8) is 0 Å². The van der Waals surface area contributed by atoms with Gasteiger partial charge < -0.3 is 4.52 Å². The molecule has 3 nitrogen and oxygen atoms in total. The average molecular weight is 283 g/mol. The topological polar surface area (TPSA) is 29.5 Å². The Morgan fingerprint density at radius 3 is 2.62 bits per heavy atom. The molecule has 0 saturated carbocycles. The van der Waals surface area contributed by atoms with Crippen molar-refractivity contribution in [2.45, 2.75) is 45.3 Å². The van der Waals surface area contributed by atoms with Crippen molar-refractivity contribution in [2.75, 3.05) is 13.7 Å². The predicted octanol–water partition coefficient (Wildman–Crippen LogP) is 4.33.